The summed E-state index contributed by atoms with van der Waals surface area (Å²) in [6.45, 7) is 19.1. The van der Waals surface area contributed by atoms with Gasteiger partial charge in [0.2, 0.25) is 0 Å². The number of allylic oxidation sites excluding steroid dienone is 12. The first-order valence-electron chi connectivity index (χ1n) is 20.9. The van der Waals surface area contributed by atoms with Crippen LogP contribution in [-0.4, -0.2) is 47.8 Å². The van der Waals surface area contributed by atoms with Crippen LogP contribution in [0.15, 0.2) is 124 Å². The van der Waals surface area contributed by atoms with Gasteiger partial charge in [0.05, 0.1) is 5.56 Å². The molecule has 0 unspecified atom stereocenters. The van der Waals surface area contributed by atoms with E-state index in [1.165, 1.54) is 51.6 Å². The van der Waals surface area contributed by atoms with Crippen LogP contribution in [0.5, 0.6) is 17.2 Å². The standard InChI is InChI=1S/C19H26O3.C17H22O3.C17H22O2/c1-15(2)6-5-7-16(3)8-10-18-12-17(13-20)9-11-19(18)22-14-21-4;1-12(2)5-4-6-13(3)7-8-14-11-15(17(19)20)9-10-16(14)18;1-13(2)5-4-6-14(3)7-9-16-11-15(12-18)8-10-17(16)19/h6,8-9,11-13H,5,7,10,14H2,1-4H3;5,7,9-11,18H,4,6,8H2,1-3H3,(H,19,20);5,7-8,10-12,19H,4,6,9H2,1-3H3/b16-8+;13-7+;14-7+. The zero-order chi connectivity index (χ0) is 45.7. The predicted molar refractivity (Wildman–Crippen MR) is 251 cm³/mol. The summed E-state index contributed by atoms with van der Waals surface area (Å²) in [4.78, 5) is 32.6. The van der Waals surface area contributed by atoms with Crippen molar-refractivity contribution < 1.29 is 39.2 Å². The van der Waals surface area contributed by atoms with Crippen molar-refractivity contribution in [3.63, 3.8) is 0 Å². The van der Waals surface area contributed by atoms with Crippen LogP contribution in [0.2, 0.25) is 0 Å². The molecule has 0 saturated carbocycles. The summed E-state index contributed by atoms with van der Waals surface area (Å²) in [7, 11) is 1.59. The zero-order valence-corrected chi connectivity index (χ0v) is 38.3. The Hall–Kier alpha value is -5.73. The van der Waals surface area contributed by atoms with Gasteiger partial charge in [0.25, 0.3) is 0 Å². The highest BCUT2D eigenvalue weighted by Crippen LogP contribution is 2.23. The van der Waals surface area contributed by atoms with Gasteiger partial charge in [0, 0.05) is 18.2 Å². The molecule has 0 saturated heterocycles. The number of carbonyl (C=O) groups excluding carboxylic acids is 2. The number of phenols is 2. The summed E-state index contributed by atoms with van der Waals surface area (Å²) in [5.41, 5.74) is 11.8. The average Bonchev–Trinajstić information content (AvgIpc) is 3.21. The van der Waals surface area contributed by atoms with Crippen LogP contribution in [0.4, 0.5) is 0 Å². The molecule has 0 spiro atoms. The number of aromatic carboxylic acids is 1. The molecule has 0 bridgehead atoms. The molecule has 0 heterocycles. The molecule has 0 aliphatic carbocycles. The number of ether oxygens (including phenoxy) is 2. The Balaban J connectivity index is 0.000000459. The summed E-state index contributed by atoms with van der Waals surface area (Å²) < 4.78 is 10.5. The lowest BCUT2D eigenvalue weighted by molar-refractivity contribution is 0.0505. The van der Waals surface area contributed by atoms with Crippen molar-refractivity contribution in [3.05, 3.63) is 158 Å². The third kappa shape index (κ3) is 24.2. The molecule has 0 aromatic heterocycles. The van der Waals surface area contributed by atoms with Crippen LogP contribution in [0, 0.1) is 0 Å². The Labute approximate surface area is 365 Å². The smallest absolute Gasteiger partial charge is 0.335 e. The summed E-state index contributed by atoms with van der Waals surface area (Å²) in [6, 6.07) is 14.8. The van der Waals surface area contributed by atoms with Crippen LogP contribution in [0.3, 0.4) is 0 Å². The molecular formula is C53H70O8. The highest BCUT2D eigenvalue weighted by Gasteiger charge is 2.08. The predicted octanol–water partition coefficient (Wildman–Crippen LogP) is 13.5. The van der Waals surface area contributed by atoms with Crippen molar-refractivity contribution in [2.75, 3.05) is 13.9 Å². The molecule has 0 amide bonds. The van der Waals surface area contributed by atoms with Crippen LogP contribution < -0.4 is 4.74 Å². The van der Waals surface area contributed by atoms with E-state index in [4.69, 9.17) is 14.6 Å². The number of benzene rings is 3. The van der Waals surface area contributed by atoms with Crippen LogP contribution >= 0.6 is 0 Å². The number of aromatic hydroxyl groups is 2. The van der Waals surface area contributed by atoms with Gasteiger partial charge in [-0.1, -0.05) is 69.9 Å². The highest BCUT2D eigenvalue weighted by molar-refractivity contribution is 5.88. The van der Waals surface area contributed by atoms with Crippen molar-refractivity contribution in [1.29, 1.82) is 0 Å². The number of carboxylic acid groups (broad SMARTS) is 1. The van der Waals surface area contributed by atoms with E-state index >= 15 is 0 Å². The highest BCUT2D eigenvalue weighted by atomic mass is 16.7. The number of phenolic OH excluding ortho intramolecular Hbond substituents is 2. The fourth-order valence-electron chi connectivity index (χ4n) is 5.74. The van der Waals surface area contributed by atoms with E-state index in [1.807, 2.05) is 18.2 Å². The molecule has 8 heteroatoms. The van der Waals surface area contributed by atoms with E-state index < -0.39 is 5.97 Å². The Kier molecular flexibility index (Phi) is 26.5. The minimum absolute atomic E-state index is 0.142. The van der Waals surface area contributed by atoms with Gasteiger partial charge in [0.1, 0.15) is 29.8 Å². The number of hydrogen-bond donors (Lipinski definition) is 3. The normalized spacial score (nSPS) is 11.2. The van der Waals surface area contributed by atoms with Gasteiger partial charge in [-0.05, 0) is 191 Å². The molecule has 3 N–H and O–H groups in total. The van der Waals surface area contributed by atoms with Crippen molar-refractivity contribution in [2.45, 2.75) is 120 Å². The molecule has 0 aliphatic rings. The molecule has 330 valence electrons. The summed E-state index contributed by atoms with van der Waals surface area (Å²) in [5.74, 6) is 0.179. The van der Waals surface area contributed by atoms with Crippen molar-refractivity contribution >= 4 is 18.5 Å². The average molecular weight is 835 g/mol. The van der Waals surface area contributed by atoms with Gasteiger partial charge in [-0.15, -0.1) is 0 Å². The van der Waals surface area contributed by atoms with Crippen LogP contribution in [0.1, 0.15) is 149 Å². The topological polar surface area (TPSA) is 130 Å². The number of methoxy groups -OCH3 is 1. The van der Waals surface area contributed by atoms with Crippen molar-refractivity contribution in [3.8, 4) is 17.2 Å². The van der Waals surface area contributed by atoms with Crippen molar-refractivity contribution in [2.24, 2.45) is 0 Å². The van der Waals surface area contributed by atoms with E-state index in [9.17, 15) is 24.6 Å². The lowest BCUT2D eigenvalue weighted by Crippen LogP contribution is -2.02. The molecular weight excluding hydrogens is 765 g/mol. The fraction of sp³-hybridized carbons (Fsp3) is 0.377. The molecule has 3 aromatic rings. The number of rotatable bonds is 21. The monoisotopic (exact) mass is 835 g/mol. The van der Waals surface area contributed by atoms with Crippen LogP contribution in [-0.2, 0) is 24.0 Å². The van der Waals surface area contributed by atoms with Crippen molar-refractivity contribution in [1.82, 2.24) is 0 Å². The molecule has 8 nitrogen and oxygen atoms in total. The van der Waals surface area contributed by atoms with Gasteiger partial charge < -0.3 is 24.8 Å². The van der Waals surface area contributed by atoms with E-state index in [0.29, 0.717) is 29.5 Å². The Morgan fingerprint density at radius 3 is 1.34 bits per heavy atom. The molecule has 3 rings (SSSR count). The van der Waals surface area contributed by atoms with E-state index in [-0.39, 0.29) is 23.9 Å². The van der Waals surface area contributed by atoms with E-state index in [0.717, 1.165) is 74.4 Å². The molecule has 0 aliphatic heterocycles. The van der Waals surface area contributed by atoms with Gasteiger partial charge in [-0.25, -0.2) is 4.79 Å². The Morgan fingerprint density at radius 1 is 0.541 bits per heavy atom. The summed E-state index contributed by atoms with van der Waals surface area (Å²) in [5, 5.41) is 28.4. The zero-order valence-electron chi connectivity index (χ0n) is 38.3. The maximum atomic E-state index is 10.9. The number of hydrogen-bond acceptors (Lipinski definition) is 7. The number of carbonyl (C=O) groups is 3. The summed E-state index contributed by atoms with van der Waals surface area (Å²) in [6.07, 6.45) is 22.8. The minimum atomic E-state index is -0.976. The molecule has 0 fully saturated rings. The van der Waals surface area contributed by atoms with E-state index in [1.54, 1.807) is 31.4 Å². The first kappa shape index (κ1) is 53.3. The van der Waals surface area contributed by atoms with Gasteiger partial charge in [-0.2, -0.15) is 0 Å². The maximum absolute atomic E-state index is 10.9. The largest absolute Gasteiger partial charge is 0.508 e. The Bertz CT molecular complexity index is 2030. The lowest BCUT2D eigenvalue weighted by Gasteiger charge is -2.10. The van der Waals surface area contributed by atoms with Crippen LogP contribution in [0.25, 0.3) is 0 Å². The quantitative estimate of drug-likeness (QED) is 0.0549. The van der Waals surface area contributed by atoms with E-state index in [2.05, 4.69) is 92.7 Å². The molecule has 61 heavy (non-hydrogen) atoms. The molecule has 0 radical (unpaired) electrons. The first-order chi connectivity index (χ1) is 29.0. The number of aldehydes is 2. The third-order valence-corrected chi connectivity index (χ3v) is 9.40. The number of carboxylic acids is 1. The van der Waals surface area contributed by atoms with Gasteiger partial charge >= 0.3 is 5.97 Å². The van der Waals surface area contributed by atoms with Gasteiger partial charge in [-0.3, -0.25) is 9.59 Å². The minimum Gasteiger partial charge on any atom is -0.508 e. The molecule has 3 aromatic carbocycles. The summed E-state index contributed by atoms with van der Waals surface area (Å²) >= 11 is 0. The second-order valence-corrected chi connectivity index (χ2v) is 15.9. The fourth-order valence-corrected chi connectivity index (χ4v) is 5.74. The molecule has 0 atom stereocenters. The lowest BCUT2D eigenvalue weighted by atomic mass is 10.0. The Morgan fingerprint density at radius 2 is 0.934 bits per heavy atom. The second-order valence-electron chi connectivity index (χ2n) is 15.9. The maximum Gasteiger partial charge on any atom is 0.335 e. The van der Waals surface area contributed by atoms with Gasteiger partial charge in [0.15, 0.2) is 6.79 Å². The first-order valence-corrected chi connectivity index (χ1v) is 20.9. The second kappa shape index (κ2) is 30.3. The third-order valence-electron chi connectivity index (χ3n) is 9.40. The SMILES string of the molecule is CC(C)=CCC/C(C)=C/Cc1cc(C(=O)O)ccc1O.CC(C)=CCC/C(C)=C/Cc1cc(C=O)ccc1O.COCOc1ccc(C=O)cc1C/C=C(\C)CCC=C(C)C.